The van der Waals surface area contributed by atoms with Crippen molar-refractivity contribution in [2.75, 3.05) is 13.7 Å². The molecule has 4 rings (SSSR count). The van der Waals surface area contributed by atoms with Crippen LogP contribution in [0.1, 0.15) is 18.4 Å². The van der Waals surface area contributed by atoms with Crippen molar-refractivity contribution in [1.82, 2.24) is 4.90 Å². The van der Waals surface area contributed by atoms with E-state index in [1.165, 1.54) is 34.2 Å². The highest BCUT2D eigenvalue weighted by atomic mass is 16.5. The van der Waals surface area contributed by atoms with E-state index in [0.717, 1.165) is 25.9 Å². The van der Waals surface area contributed by atoms with Crippen LogP contribution in [0.2, 0.25) is 0 Å². The quantitative estimate of drug-likeness (QED) is 0.537. The standard InChI is InChI=1S/C21H21NO2/c1-24-21(23)20-11-6-12-22(20)14-16-13-15-7-2-3-8-17(15)19-10-5-4-9-18(16)19/h2-5,7-10,13,20H,6,11-12,14H2,1H3/t20-/m1/s1. The Hall–Kier alpha value is -2.39. The van der Waals surface area contributed by atoms with Crippen molar-refractivity contribution < 1.29 is 9.53 Å². The minimum absolute atomic E-state index is 0.111. The highest BCUT2D eigenvalue weighted by molar-refractivity contribution is 6.08. The number of rotatable bonds is 3. The molecule has 1 atom stereocenters. The lowest BCUT2D eigenvalue weighted by Crippen LogP contribution is -2.36. The lowest BCUT2D eigenvalue weighted by molar-refractivity contribution is -0.146. The van der Waals surface area contributed by atoms with Crippen molar-refractivity contribution in [3.63, 3.8) is 0 Å². The van der Waals surface area contributed by atoms with Gasteiger partial charge in [0, 0.05) is 6.54 Å². The van der Waals surface area contributed by atoms with Gasteiger partial charge in [0.1, 0.15) is 6.04 Å². The van der Waals surface area contributed by atoms with E-state index in [1.54, 1.807) is 0 Å². The first-order valence-electron chi connectivity index (χ1n) is 8.49. The van der Waals surface area contributed by atoms with Gasteiger partial charge in [0.15, 0.2) is 0 Å². The maximum atomic E-state index is 12.0. The van der Waals surface area contributed by atoms with Crippen LogP contribution >= 0.6 is 0 Å². The van der Waals surface area contributed by atoms with Gasteiger partial charge in [0.2, 0.25) is 0 Å². The predicted molar refractivity (Wildman–Crippen MR) is 96.9 cm³/mol. The van der Waals surface area contributed by atoms with E-state index in [-0.39, 0.29) is 12.0 Å². The molecule has 1 saturated heterocycles. The zero-order valence-corrected chi connectivity index (χ0v) is 13.9. The predicted octanol–water partition coefficient (Wildman–Crippen LogP) is 4.13. The van der Waals surface area contributed by atoms with Crippen LogP contribution in [0.4, 0.5) is 0 Å². The summed E-state index contributed by atoms with van der Waals surface area (Å²) in [5.74, 6) is -0.113. The van der Waals surface area contributed by atoms with Gasteiger partial charge in [-0.3, -0.25) is 9.69 Å². The summed E-state index contributed by atoms with van der Waals surface area (Å²) in [5.41, 5.74) is 1.28. The molecular weight excluding hydrogens is 298 g/mol. The fourth-order valence-corrected chi connectivity index (χ4v) is 3.90. The van der Waals surface area contributed by atoms with Gasteiger partial charge in [0.25, 0.3) is 0 Å². The van der Waals surface area contributed by atoms with Crippen LogP contribution in [-0.2, 0) is 16.1 Å². The summed E-state index contributed by atoms with van der Waals surface area (Å²) in [6.45, 7) is 1.73. The van der Waals surface area contributed by atoms with Crippen LogP contribution in [0.15, 0.2) is 54.6 Å². The Morgan fingerprint density at radius 2 is 1.79 bits per heavy atom. The minimum Gasteiger partial charge on any atom is -0.468 e. The summed E-state index contributed by atoms with van der Waals surface area (Å²) in [5, 5.41) is 5.08. The summed E-state index contributed by atoms with van der Waals surface area (Å²) < 4.78 is 4.98. The Balaban J connectivity index is 1.79. The van der Waals surface area contributed by atoms with Crippen LogP contribution in [0.25, 0.3) is 21.5 Å². The third-order valence-corrected chi connectivity index (χ3v) is 5.06. The van der Waals surface area contributed by atoms with Crippen LogP contribution < -0.4 is 0 Å². The van der Waals surface area contributed by atoms with Crippen molar-refractivity contribution in [3.8, 4) is 0 Å². The molecule has 24 heavy (non-hydrogen) atoms. The van der Waals surface area contributed by atoms with Gasteiger partial charge in [-0.1, -0.05) is 48.5 Å². The van der Waals surface area contributed by atoms with E-state index < -0.39 is 0 Å². The van der Waals surface area contributed by atoms with Gasteiger partial charge in [-0.2, -0.15) is 0 Å². The molecule has 3 heteroatoms. The van der Waals surface area contributed by atoms with E-state index in [4.69, 9.17) is 4.74 Å². The second-order valence-electron chi connectivity index (χ2n) is 6.45. The van der Waals surface area contributed by atoms with Gasteiger partial charge < -0.3 is 4.74 Å². The van der Waals surface area contributed by atoms with Crippen LogP contribution in [0.3, 0.4) is 0 Å². The third-order valence-electron chi connectivity index (χ3n) is 5.06. The van der Waals surface area contributed by atoms with E-state index in [1.807, 2.05) is 0 Å². The molecule has 3 nitrogen and oxygen atoms in total. The Morgan fingerprint density at radius 1 is 1.08 bits per heavy atom. The molecule has 1 aliphatic rings. The van der Waals surface area contributed by atoms with Crippen LogP contribution in [0, 0.1) is 0 Å². The highest BCUT2D eigenvalue weighted by Gasteiger charge is 2.31. The summed E-state index contributed by atoms with van der Waals surface area (Å²) >= 11 is 0. The van der Waals surface area contributed by atoms with Crippen molar-refractivity contribution in [2.24, 2.45) is 0 Å². The first-order chi connectivity index (χ1) is 11.8. The van der Waals surface area contributed by atoms with Gasteiger partial charge in [-0.15, -0.1) is 0 Å². The minimum atomic E-state index is -0.113. The maximum Gasteiger partial charge on any atom is 0.323 e. The molecule has 0 aliphatic carbocycles. The van der Waals surface area contributed by atoms with Gasteiger partial charge in [-0.25, -0.2) is 0 Å². The smallest absolute Gasteiger partial charge is 0.323 e. The molecule has 0 saturated carbocycles. The number of hydrogen-bond acceptors (Lipinski definition) is 3. The van der Waals surface area contributed by atoms with Crippen molar-refractivity contribution in [2.45, 2.75) is 25.4 Å². The van der Waals surface area contributed by atoms with E-state index in [9.17, 15) is 4.79 Å². The number of carbonyl (C=O) groups is 1. The van der Waals surface area contributed by atoms with E-state index >= 15 is 0 Å². The summed E-state index contributed by atoms with van der Waals surface area (Å²) in [7, 11) is 1.48. The molecule has 0 aromatic heterocycles. The molecule has 0 spiro atoms. The molecule has 1 aliphatic heterocycles. The lowest BCUT2D eigenvalue weighted by Gasteiger charge is -2.23. The average molecular weight is 319 g/mol. The van der Waals surface area contributed by atoms with Crippen molar-refractivity contribution >= 4 is 27.5 Å². The van der Waals surface area contributed by atoms with Gasteiger partial charge >= 0.3 is 5.97 Å². The molecule has 0 radical (unpaired) electrons. The fourth-order valence-electron chi connectivity index (χ4n) is 3.90. The zero-order valence-electron chi connectivity index (χ0n) is 13.9. The normalized spacial score (nSPS) is 18.3. The van der Waals surface area contributed by atoms with Crippen molar-refractivity contribution in [1.29, 1.82) is 0 Å². The molecule has 0 amide bonds. The second kappa shape index (κ2) is 6.25. The number of methoxy groups -OCH3 is 1. The first-order valence-corrected chi connectivity index (χ1v) is 8.49. The molecule has 1 fully saturated rings. The molecule has 0 N–H and O–H groups in total. The molecule has 0 bridgehead atoms. The summed E-state index contributed by atoms with van der Waals surface area (Å²) in [6, 6.07) is 19.2. The molecule has 1 heterocycles. The number of likely N-dealkylation sites (tertiary alicyclic amines) is 1. The number of ether oxygens (including phenoxy) is 1. The number of hydrogen-bond donors (Lipinski definition) is 0. The summed E-state index contributed by atoms with van der Waals surface area (Å²) in [4.78, 5) is 14.3. The lowest BCUT2D eigenvalue weighted by atomic mass is 9.97. The number of benzene rings is 3. The molecular formula is C21H21NO2. The first kappa shape index (κ1) is 15.2. The third kappa shape index (κ3) is 2.55. The monoisotopic (exact) mass is 319 g/mol. The maximum absolute atomic E-state index is 12.0. The Labute approximate surface area is 141 Å². The largest absolute Gasteiger partial charge is 0.468 e. The van der Waals surface area contributed by atoms with Crippen LogP contribution in [0.5, 0.6) is 0 Å². The number of esters is 1. The molecule has 3 aromatic rings. The zero-order chi connectivity index (χ0) is 16.5. The SMILES string of the molecule is COC(=O)[C@H]1CCCN1Cc1cc2ccccc2c2ccccc12. The van der Waals surface area contributed by atoms with Crippen LogP contribution in [-0.4, -0.2) is 30.6 Å². The Kier molecular flexibility index (Phi) is 3.95. The fraction of sp³-hybridized carbons (Fsp3) is 0.286. The molecule has 122 valence electrons. The van der Waals surface area contributed by atoms with Crippen molar-refractivity contribution in [3.05, 3.63) is 60.2 Å². The molecule has 3 aromatic carbocycles. The van der Waals surface area contributed by atoms with Gasteiger partial charge in [0.05, 0.1) is 7.11 Å². The second-order valence-corrected chi connectivity index (χ2v) is 6.45. The highest BCUT2D eigenvalue weighted by Crippen LogP contribution is 2.31. The topological polar surface area (TPSA) is 29.5 Å². The number of nitrogens with zero attached hydrogens (tertiary/aromatic N) is 1. The average Bonchev–Trinajstić information content (AvgIpc) is 3.09. The number of carbonyl (C=O) groups excluding carboxylic acids is 1. The Bertz CT molecular complexity index is 903. The molecule has 0 unspecified atom stereocenters. The van der Waals surface area contributed by atoms with Gasteiger partial charge in [-0.05, 0) is 52.6 Å². The van der Waals surface area contributed by atoms with E-state index in [2.05, 4.69) is 59.5 Å². The summed E-state index contributed by atoms with van der Waals surface area (Å²) in [6.07, 6.45) is 1.93. The van der Waals surface area contributed by atoms with E-state index in [0.29, 0.717) is 0 Å². The Morgan fingerprint density at radius 3 is 2.58 bits per heavy atom. The number of fused-ring (bicyclic) bond motifs is 3.